The van der Waals surface area contributed by atoms with Crippen molar-refractivity contribution in [2.24, 2.45) is 0 Å². The number of para-hydroxylation sites is 1. The van der Waals surface area contributed by atoms with Crippen molar-refractivity contribution < 1.29 is 14.3 Å². The minimum atomic E-state index is -0.367. The minimum absolute atomic E-state index is 0.128. The van der Waals surface area contributed by atoms with Crippen LogP contribution in [-0.2, 0) is 28.9 Å². The lowest BCUT2D eigenvalue weighted by atomic mass is 9.95. The van der Waals surface area contributed by atoms with Gasteiger partial charge in [0, 0.05) is 38.4 Å². The van der Waals surface area contributed by atoms with Gasteiger partial charge < -0.3 is 14.6 Å². The van der Waals surface area contributed by atoms with Crippen molar-refractivity contribution in [3.8, 4) is 0 Å². The van der Waals surface area contributed by atoms with Gasteiger partial charge in [-0.1, -0.05) is 48.0 Å². The summed E-state index contributed by atoms with van der Waals surface area (Å²) in [4.78, 5) is 28.3. The molecule has 0 saturated carbocycles. The number of anilines is 1. The Bertz CT molecular complexity index is 1460. The normalized spacial score (nSPS) is 13.8. The number of amides is 1. The van der Waals surface area contributed by atoms with Crippen LogP contribution in [0.5, 0.6) is 0 Å². The maximum atomic E-state index is 13.3. The maximum Gasteiger partial charge on any atom is 0.341 e. The summed E-state index contributed by atoms with van der Waals surface area (Å²) in [5.41, 5.74) is 3.73. The number of halogens is 1. The lowest BCUT2D eigenvalue weighted by molar-refractivity contribution is -0.115. The lowest BCUT2D eigenvalue weighted by Crippen LogP contribution is -2.23. The number of ether oxygens (including phenoxy) is 1. The summed E-state index contributed by atoms with van der Waals surface area (Å²) in [5, 5.41) is 5.14. The van der Waals surface area contributed by atoms with Gasteiger partial charge in [0.25, 0.3) is 0 Å². The van der Waals surface area contributed by atoms with Crippen molar-refractivity contribution >= 4 is 62.5 Å². The second-order valence-corrected chi connectivity index (χ2v) is 12.0. The number of carbonyl (C=O) groups excluding carboxylic acids is 2. The highest BCUT2D eigenvalue weighted by molar-refractivity contribution is 8.00. The van der Waals surface area contributed by atoms with Crippen LogP contribution in [0.2, 0.25) is 5.02 Å². The number of esters is 1. The number of rotatable bonds is 8. The van der Waals surface area contributed by atoms with Gasteiger partial charge in [0.15, 0.2) is 0 Å². The fourth-order valence-electron chi connectivity index (χ4n) is 4.78. The summed E-state index contributed by atoms with van der Waals surface area (Å²) < 4.78 is 7.51. The molecule has 1 aliphatic rings. The maximum absolute atomic E-state index is 13.3. The molecule has 1 N–H and O–H groups in total. The molecule has 1 amide bonds. The van der Waals surface area contributed by atoms with E-state index in [1.165, 1.54) is 28.0 Å². The number of hydrogen-bond acceptors (Lipinski definition) is 5. The quantitative estimate of drug-likeness (QED) is 0.181. The zero-order chi connectivity index (χ0) is 25.9. The first-order valence-electron chi connectivity index (χ1n) is 12.6. The second kappa shape index (κ2) is 11.3. The van der Waals surface area contributed by atoms with E-state index >= 15 is 0 Å². The molecule has 5 nitrogen and oxygen atoms in total. The number of thioether (sulfide) groups is 1. The van der Waals surface area contributed by atoms with Gasteiger partial charge in [-0.15, -0.1) is 23.1 Å². The van der Waals surface area contributed by atoms with Crippen LogP contribution in [0.4, 0.5) is 5.00 Å². The Kier molecular flexibility index (Phi) is 7.93. The van der Waals surface area contributed by atoms with E-state index in [4.69, 9.17) is 16.3 Å². The van der Waals surface area contributed by atoms with Gasteiger partial charge in [-0.2, -0.15) is 0 Å². The molecule has 0 fully saturated rings. The number of aryl methyl sites for hydroxylation is 1. The first-order valence-corrected chi connectivity index (χ1v) is 14.6. The van der Waals surface area contributed by atoms with Crippen molar-refractivity contribution in [1.29, 1.82) is 0 Å². The average Bonchev–Trinajstić information content (AvgIpc) is 3.43. The molecule has 4 aromatic rings. The Labute approximate surface area is 230 Å². The summed E-state index contributed by atoms with van der Waals surface area (Å²) in [5.74, 6) is -0.475. The summed E-state index contributed by atoms with van der Waals surface area (Å²) in [6.07, 6.45) is 6.04. The Morgan fingerprint density at radius 2 is 1.89 bits per heavy atom. The monoisotopic (exact) mass is 552 g/mol. The number of benzene rings is 2. The number of aromatic nitrogens is 1. The molecule has 8 heteroatoms. The largest absolute Gasteiger partial charge is 0.462 e. The topological polar surface area (TPSA) is 60.3 Å². The lowest BCUT2D eigenvalue weighted by Gasteiger charge is -2.13. The molecule has 5 rings (SSSR count). The van der Waals surface area contributed by atoms with Gasteiger partial charge in [-0.25, -0.2) is 4.79 Å². The van der Waals surface area contributed by atoms with Crippen LogP contribution in [0.1, 0.15) is 53.1 Å². The van der Waals surface area contributed by atoms with Crippen molar-refractivity contribution in [3.63, 3.8) is 0 Å². The molecule has 0 aliphatic heterocycles. The van der Waals surface area contributed by atoms with Crippen LogP contribution in [0.15, 0.2) is 59.6 Å². The molecule has 1 aliphatic carbocycles. The fourth-order valence-corrected chi connectivity index (χ4v) is 7.29. The summed E-state index contributed by atoms with van der Waals surface area (Å²) >= 11 is 9.46. The third-order valence-corrected chi connectivity index (χ3v) is 9.33. The SMILES string of the molecule is CCOC(=O)c1c(NC(=O)C(C)Sc2cn(Cc3ccccc3Cl)c3ccccc23)sc2c1CCCC2. The van der Waals surface area contributed by atoms with Gasteiger partial charge in [-0.05, 0) is 62.8 Å². The number of carbonyl (C=O) groups is 2. The number of thiophene rings is 1. The smallest absolute Gasteiger partial charge is 0.341 e. The Balaban J connectivity index is 1.38. The van der Waals surface area contributed by atoms with Gasteiger partial charge >= 0.3 is 5.97 Å². The predicted molar refractivity (Wildman–Crippen MR) is 153 cm³/mol. The molecule has 2 aromatic heterocycles. The minimum Gasteiger partial charge on any atom is -0.462 e. The van der Waals surface area contributed by atoms with Crippen molar-refractivity contribution in [2.45, 2.75) is 56.2 Å². The van der Waals surface area contributed by atoms with Crippen molar-refractivity contribution in [1.82, 2.24) is 4.57 Å². The molecule has 0 spiro atoms. The van der Waals surface area contributed by atoms with Gasteiger partial charge in [0.1, 0.15) is 5.00 Å². The number of nitrogens with zero attached hydrogens (tertiary/aromatic N) is 1. The second-order valence-electron chi connectivity index (χ2n) is 9.11. The molecular formula is C29H29ClN2O3S2. The molecule has 0 bridgehead atoms. The van der Waals surface area contributed by atoms with Crippen LogP contribution >= 0.6 is 34.7 Å². The van der Waals surface area contributed by atoms with E-state index in [0.29, 0.717) is 23.7 Å². The Morgan fingerprint density at radius 1 is 1.14 bits per heavy atom. The summed E-state index contributed by atoms with van der Waals surface area (Å²) in [6.45, 7) is 4.65. The van der Waals surface area contributed by atoms with Gasteiger partial charge in [-0.3, -0.25) is 4.79 Å². The first kappa shape index (κ1) is 25.9. The highest BCUT2D eigenvalue weighted by Crippen LogP contribution is 2.40. The molecule has 37 heavy (non-hydrogen) atoms. The third-order valence-electron chi connectivity index (χ3n) is 6.61. The van der Waals surface area contributed by atoms with E-state index in [1.54, 1.807) is 6.92 Å². The predicted octanol–water partition coefficient (Wildman–Crippen LogP) is 7.58. The van der Waals surface area contributed by atoms with Crippen LogP contribution in [0.25, 0.3) is 10.9 Å². The number of fused-ring (bicyclic) bond motifs is 2. The number of hydrogen-bond donors (Lipinski definition) is 1. The van der Waals surface area contributed by atoms with E-state index < -0.39 is 0 Å². The average molecular weight is 553 g/mol. The van der Waals surface area contributed by atoms with Crippen LogP contribution in [0.3, 0.4) is 0 Å². The molecule has 192 valence electrons. The molecule has 2 aromatic carbocycles. The molecular weight excluding hydrogens is 524 g/mol. The molecule has 0 saturated heterocycles. The fraction of sp³-hybridized carbons (Fsp3) is 0.310. The number of nitrogens with one attached hydrogen (secondary N) is 1. The highest BCUT2D eigenvalue weighted by Gasteiger charge is 2.28. The van der Waals surface area contributed by atoms with Crippen molar-refractivity contribution in [3.05, 3.63) is 81.3 Å². The highest BCUT2D eigenvalue weighted by atomic mass is 35.5. The standard InChI is InChI=1S/C29H29ClN2O3S2/c1-3-35-29(34)26-21-12-6-9-15-24(21)37-28(26)31-27(33)18(2)36-25-17-32(23-14-8-5-11-20(23)25)16-19-10-4-7-13-22(19)30/h4-5,7-8,10-11,13-14,17-18H,3,6,9,12,15-16H2,1-2H3,(H,31,33). The van der Waals surface area contributed by atoms with Crippen LogP contribution < -0.4 is 5.32 Å². The zero-order valence-electron chi connectivity index (χ0n) is 20.9. The van der Waals surface area contributed by atoms with E-state index in [0.717, 1.165) is 57.6 Å². The van der Waals surface area contributed by atoms with Crippen LogP contribution in [-0.4, -0.2) is 28.3 Å². The summed E-state index contributed by atoms with van der Waals surface area (Å²) in [6, 6.07) is 16.0. The van der Waals surface area contributed by atoms with E-state index in [-0.39, 0.29) is 17.1 Å². The van der Waals surface area contributed by atoms with Crippen molar-refractivity contribution in [2.75, 3.05) is 11.9 Å². The Morgan fingerprint density at radius 3 is 2.70 bits per heavy atom. The van der Waals surface area contributed by atoms with E-state index in [2.05, 4.69) is 28.2 Å². The molecule has 1 atom stereocenters. The molecule has 2 heterocycles. The summed E-state index contributed by atoms with van der Waals surface area (Å²) in [7, 11) is 0. The first-order chi connectivity index (χ1) is 18.0. The van der Waals surface area contributed by atoms with E-state index in [1.807, 2.05) is 43.3 Å². The van der Waals surface area contributed by atoms with Gasteiger partial charge in [0.2, 0.25) is 5.91 Å². The zero-order valence-corrected chi connectivity index (χ0v) is 23.3. The van der Waals surface area contributed by atoms with E-state index in [9.17, 15) is 9.59 Å². The molecule has 1 unspecified atom stereocenters. The van der Waals surface area contributed by atoms with Crippen LogP contribution in [0, 0.1) is 0 Å². The van der Waals surface area contributed by atoms with Gasteiger partial charge in [0.05, 0.1) is 17.4 Å². The third kappa shape index (κ3) is 5.44. The molecule has 0 radical (unpaired) electrons. The Hall–Kier alpha value is -2.74.